The number of halogens is 6. The first-order chi connectivity index (χ1) is 26.7. The van der Waals surface area contributed by atoms with Gasteiger partial charge in [0, 0.05) is 16.4 Å². The molecule has 0 aliphatic heterocycles. The van der Waals surface area contributed by atoms with Crippen molar-refractivity contribution in [1.82, 2.24) is 0 Å². The molecule has 2 aromatic rings. The number of allylic oxidation sites excluding steroid dienone is 2. The van der Waals surface area contributed by atoms with Crippen LogP contribution >= 0.6 is 7.92 Å². The first-order valence-corrected chi connectivity index (χ1v) is 23.9. The number of benzene rings is 2. The van der Waals surface area contributed by atoms with E-state index in [9.17, 15) is 26.3 Å². The van der Waals surface area contributed by atoms with Crippen molar-refractivity contribution in [3.05, 3.63) is 52.6 Å². The largest absolute Gasteiger partial charge is 2.00 e. The first-order valence-electron chi connectivity index (χ1n) is 19.6. The molecule has 0 unspecified atom stereocenters. The van der Waals surface area contributed by atoms with E-state index in [1.54, 1.807) is 0 Å². The Kier molecular flexibility index (Phi) is 22.2. The van der Waals surface area contributed by atoms with E-state index in [0.717, 1.165) is 29.2 Å². The summed E-state index contributed by atoms with van der Waals surface area (Å²) in [6, 6.07) is 7.35. The van der Waals surface area contributed by atoms with Gasteiger partial charge in [-0.2, -0.15) is 26.3 Å². The van der Waals surface area contributed by atoms with Crippen molar-refractivity contribution in [2.45, 2.75) is 159 Å². The minimum Gasteiger partial charge on any atom is -0.741 e. The standard InChI is InChI=1S/C39H59O2P.2CHF3O3S.Pd/c1-10-11-18-29-25-35(40-8)37(36-33(27(4)5)23-30(26(2)3)24-34(36)28(6)7)39(38(29)41-9)42(31-19-14-12-15-20-31)32-21-16-13-17-22-32;2*2-1(3,4)8(5,6)7;/h10-11,23-28,31-32H,12-22H2,1-9H3;2*(H,5,6,7);/q;;;+2/p-2. The van der Waals surface area contributed by atoms with Crippen LogP contribution in [0.4, 0.5) is 26.3 Å². The molecule has 2 aliphatic rings. The number of methoxy groups -OCH3 is 2. The molecular weight excluding hydrogens is 936 g/mol. The van der Waals surface area contributed by atoms with Gasteiger partial charge in [0.05, 0.1) is 14.2 Å². The maximum atomic E-state index is 10.7. The molecule has 2 aromatic carbocycles. The van der Waals surface area contributed by atoms with Crippen molar-refractivity contribution < 1.29 is 82.2 Å². The summed E-state index contributed by atoms with van der Waals surface area (Å²) in [6.07, 6.45) is 19.1. The van der Waals surface area contributed by atoms with Gasteiger partial charge in [0.15, 0.2) is 20.2 Å². The van der Waals surface area contributed by atoms with Gasteiger partial charge in [-0.25, -0.2) is 16.8 Å². The zero-order valence-corrected chi connectivity index (χ0v) is 39.2. The van der Waals surface area contributed by atoms with Crippen LogP contribution in [-0.2, 0) is 47.1 Å². The fraction of sp³-hybridized carbons (Fsp3) is 0.659. The molecule has 340 valence electrons. The van der Waals surface area contributed by atoms with E-state index < -0.39 is 39.2 Å². The van der Waals surface area contributed by atoms with E-state index in [2.05, 4.69) is 78.8 Å². The third-order valence-corrected chi connectivity index (χ3v) is 15.1. The Morgan fingerprint density at radius 2 is 1.08 bits per heavy atom. The third-order valence-electron chi connectivity index (χ3n) is 10.4. The van der Waals surface area contributed by atoms with Gasteiger partial charge in [-0.15, -0.1) is 0 Å². The summed E-state index contributed by atoms with van der Waals surface area (Å²) in [5.41, 5.74) is -1.29. The summed E-state index contributed by atoms with van der Waals surface area (Å²) in [7, 11) is -8.79. The molecule has 2 aliphatic carbocycles. The van der Waals surface area contributed by atoms with E-state index >= 15 is 0 Å². The smallest absolute Gasteiger partial charge is 0.741 e. The SMILES string of the molecule is CC=CCc1cc(OC)c(-c2c(C(C)C)cc(C(C)C)cc2C(C)C)c(P(C2CCCCC2)C2CCCCC2)c1OC.O=S(=O)([O-])C(F)(F)F.O=S(=O)([O-])C(F)(F)F.[Pd+2]. The number of hydrogen-bond acceptors (Lipinski definition) is 8. The fourth-order valence-electron chi connectivity index (χ4n) is 7.58. The van der Waals surface area contributed by atoms with Crippen LogP contribution in [0.2, 0.25) is 0 Å². The van der Waals surface area contributed by atoms with Crippen molar-refractivity contribution in [3.63, 3.8) is 0 Å². The molecule has 59 heavy (non-hydrogen) atoms. The van der Waals surface area contributed by atoms with Crippen molar-refractivity contribution >= 4 is 33.5 Å². The van der Waals surface area contributed by atoms with Crippen LogP contribution in [0, 0.1) is 0 Å². The topological polar surface area (TPSA) is 133 Å². The van der Waals surface area contributed by atoms with E-state index in [1.165, 1.54) is 103 Å². The fourth-order valence-corrected chi connectivity index (χ4v) is 11.7. The van der Waals surface area contributed by atoms with Crippen molar-refractivity contribution in [3.8, 4) is 22.6 Å². The number of rotatable bonds is 11. The number of alkyl halides is 6. The Labute approximate surface area is 362 Å². The van der Waals surface area contributed by atoms with Crippen molar-refractivity contribution in [1.29, 1.82) is 0 Å². The van der Waals surface area contributed by atoms with E-state index in [0.29, 0.717) is 17.8 Å². The maximum Gasteiger partial charge on any atom is 2.00 e. The van der Waals surface area contributed by atoms with Crippen LogP contribution in [0.25, 0.3) is 11.1 Å². The summed E-state index contributed by atoms with van der Waals surface area (Å²) in [5.74, 6) is 3.53. The molecule has 8 nitrogen and oxygen atoms in total. The van der Waals surface area contributed by atoms with Crippen molar-refractivity contribution in [2.24, 2.45) is 0 Å². The first kappa shape index (κ1) is 55.3. The molecule has 18 heteroatoms. The van der Waals surface area contributed by atoms with E-state index in [-0.39, 0.29) is 20.4 Å². The molecule has 2 fully saturated rings. The van der Waals surface area contributed by atoms with Gasteiger partial charge in [0.2, 0.25) is 0 Å². The van der Waals surface area contributed by atoms with E-state index in [4.69, 9.17) is 35.4 Å². The predicted octanol–water partition coefficient (Wildman–Crippen LogP) is 11.7. The van der Waals surface area contributed by atoms with Crippen LogP contribution in [0.15, 0.2) is 30.4 Å². The molecule has 0 bridgehead atoms. The molecular formula is C41H59F6O8PPdS2. The van der Waals surface area contributed by atoms with Gasteiger partial charge < -0.3 is 18.6 Å². The molecule has 0 saturated heterocycles. The molecule has 2 saturated carbocycles. The summed E-state index contributed by atoms with van der Waals surface area (Å²) in [5, 5.41) is 1.53. The monoisotopic (exact) mass is 994 g/mol. The van der Waals surface area contributed by atoms with Crippen LogP contribution in [0.5, 0.6) is 11.5 Å². The second-order valence-corrected chi connectivity index (χ2v) is 21.1. The summed E-state index contributed by atoms with van der Waals surface area (Å²) >= 11 is 0. The molecule has 4 rings (SSSR count). The minimum absolute atomic E-state index is 0. The molecule has 0 N–H and O–H groups in total. The molecule has 0 atom stereocenters. The summed E-state index contributed by atoms with van der Waals surface area (Å²) in [6.45, 7) is 16.3. The van der Waals surface area contributed by atoms with Crippen LogP contribution in [-0.4, -0.2) is 62.5 Å². The van der Waals surface area contributed by atoms with Gasteiger partial charge >= 0.3 is 31.4 Å². The maximum absolute atomic E-state index is 10.7. The Hall–Kier alpha value is -1.73. The Morgan fingerprint density at radius 3 is 1.37 bits per heavy atom. The molecule has 0 aromatic heterocycles. The van der Waals surface area contributed by atoms with Crippen LogP contribution in [0.3, 0.4) is 0 Å². The molecule has 0 heterocycles. The zero-order chi connectivity index (χ0) is 44.4. The van der Waals surface area contributed by atoms with Crippen LogP contribution < -0.4 is 14.8 Å². The third kappa shape index (κ3) is 15.2. The quantitative estimate of drug-likeness (QED) is 0.0543. The van der Waals surface area contributed by atoms with Crippen molar-refractivity contribution in [2.75, 3.05) is 14.2 Å². The average molecular weight is 995 g/mol. The Bertz CT molecular complexity index is 1800. The second-order valence-electron chi connectivity index (χ2n) is 15.6. The molecule has 0 amide bonds. The molecule has 0 radical (unpaired) electrons. The zero-order valence-electron chi connectivity index (χ0n) is 35.2. The average Bonchev–Trinajstić information content (AvgIpc) is 3.13. The number of hydrogen-bond donors (Lipinski definition) is 0. The van der Waals surface area contributed by atoms with Gasteiger partial charge in [-0.1, -0.05) is 112 Å². The van der Waals surface area contributed by atoms with Gasteiger partial charge in [-0.05, 0) is 96.4 Å². The van der Waals surface area contributed by atoms with Crippen LogP contribution in [0.1, 0.15) is 153 Å². The summed E-state index contributed by atoms with van der Waals surface area (Å²) in [4.78, 5) is 0. The Balaban J connectivity index is 0.000000862. The normalized spacial score (nSPS) is 16.2. The second kappa shape index (κ2) is 23.6. The Morgan fingerprint density at radius 1 is 0.695 bits per heavy atom. The number of ether oxygens (including phenoxy) is 2. The summed E-state index contributed by atoms with van der Waals surface area (Å²) < 4.78 is 131. The molecule has 0 spiro atoms. The predicted molar refractivity (Wildman–Crippen MR) is 218 cm³/mol. The van der Waals surface area contributed by atoms with E-state index in [1.807, 2.05) is 14.2 Å². The van der Waals surface area contributed by atoms with Gasteiger partial charge in [0.25, 0.3) is 0 Å². The van der Waals surface area contributed by atoms with Gasteiger partial charge in [0.1, 0.15) is 11.5 Å². The van der Waals surface area contributed by atoms with Gasteiger partial charge in [-0.3, -0.25) is 0 Å². The minimum atomic E-state index is -6.09.